The molecule has 1 aliphatic rings. The van der Waals surface area contributed by atoms with Crippen molar-refractivity contribution in [3.05, 3.63) is 52.5 Å². The number of nitrogens with zero attached hydrogens (tertiary/aromatic N) is 6. The molecule has 3 N–H and O–H groups in total. The summed E-state index contributed by atoms with van der Waals surface area (Å²) in [6.45, 7) is 2.02. The van der Waals surface area contributed by atoms with Crippen LogP contribution in [0.4, 0.5) is 10.2 Å². The number of hydrogen-bond donors (Lipinski definition) is 2. The van der Waals surface area contributed by atoms with Gasteiger partial charge in [-0.1, -0.05) is 17.7 Å². The third-order valence-electron chi connectivity index (χ3n) is 5.28. The van der Waals surface area contributed by atoms with Crippen molar-refractivity contribution in [2.45, 2.75) is 18.8 Å². The molecule has 0 radical (unpaired) electrons. The summed E-state index contributed by atoms with van der Waals surface area (Å²) in [6, 6.07) is 6.49. The van der Waals surface area contributed by atoms with E-state index in [1.807, 2.05) is 12.3 Å². The maximum atomic E-state index is 14.6. The summed E-state index contributed by atoms with van der Waals surface area (Å²) < 4.78 is 15.8. The molecule has 0 bridgehead atoms. The van der Waals surface area contributed by atoms with Crippen molar-refractivity contribution in [3.63, 3.8) is 0 Å². The number of pyridine rings is 1. The Morgan fingerprint density at radius 1 is 1.19 bits per heavy atom. The van der Waals surface area contributed by atoms with E-state index in [2.05, 4.69) is 30.8 Å². The van der Waals surface area contributed by atoms with Crippen molar-refractivity contribution < 1.29 is 4.39 Å². The lowest BCUT2D eigenvalue weighted by Crippen LogP contribution is -2.26. The summed E-state index contributed by atoms with van der Waals surface area (Å²) in [7, 11) is 0. The molecule has 1 aromatic carbocycles. The molecule has 0 saturated carbocycles. The molecule has 0 aliphatic carbocycles. The van der Waals surface area contributed by atoms with E-state index in [0.717, 1.165) is 41.4 Å². The number of thiazole rings is 1. The van der Waals surface area contributed by atoms with Gasteiger partial charge in [0.25, 0.3) is 0 Å². The first kappa shape index (κ1) is 20.0. The van der Waals surface area contributed by atoms with E-state index < -0.39 is 5.82 Å². The van der Waals surface area contributed by atoms with Crippen LogP contribution in [0, 0.1) is 5.82 Å². The van der Waals surface area contributed by atoms with Crippen LogP contribution in [0.3, 0.4) is 0 Å². The number of nitrogens with two attached hydrogens (primary N) is 1. The highest BCUT2D eigenvalue weighted by molar-refractivity contribution is 7.15. The topological polar surface area (TPSA) is 107 Å². The molecular formula is C20H18ClFN8S. The highest BCUT2D eigenvalue weighted by atomic mass is 35.5. The summed E-state index contributed by atoms with van der Waals surface area (Å²) in [5.74, 6) is 0.371. The van der Waals surface area contributed by atoms with Crippen LogP contribution in [0.25, 0.3) is 27.5 Å². The van der Waals surface area contributed by atoms with E-state index in [9.17, 15) is 4.39 Å². The Morgan fingerprint density at radius 2 is 2.03 bits per heavy atom. The first-order valence-electron chi connectivity index (χ1n) is 9.77. The Hall–Kier alpha value is -2.95. The molecule has 1 saturated heterocycles. The predicted molar refractivity (Wildman–Crippen MR) is 118 cm³/mol. The summed E-state index contributed by atoms with van der Waals surface area (Å²) in [6.07, 6.45) is 5.72. The first-order valence-corrected chi connectivity index (χ1v) is 11.0. The molecule has 11 heteroatoms. The monoisotopic (exact) mass is 456 g/mol. The number of nitrogens with one attached hydrogen (secondary N) is 1. The minimum Gasteiger partial charge on any atom is -0.383 e. The van der Waals surface area contributed by atoms with Crippen LogP contribution in [0.5, 0.6) is 0 Å². The average molecular weight is 457 g/mol. The minimum atomic E-state index is -0.616. The van der Waals surface area contributed by atoms with Crippen LogP contribution in [-0.4, -0.2) is 43.3 Å². The fourth-order valence-electron chi connectivity index (χ4n) is 3.64. The van der Waals surface area contributed by atoms with Crippen LogP contribution < -0.4 is 11.1 Å². The Morgan fingerprint density at radius 3 is 2.87 bits per heavy atom. The van der Waals surface area contributed by atoms with Crippen molar-refractivity contribution in [3.8, 4) is 27.5 Å². The number of tetrazole rings is 1. The van der Waals surface area contributed by atoms with Gasteiger partial charge in [0.15, 0.2) is 11.6 Å². The molecule has 4 aromatic rings. The molecule has 0 spiro atoms. The largest absolute Gasteiger partial charge is 0.383 e. The standard InChI is InChI=1S/C20H18ClFN8S/c21-14-2-1-3-15(17(14)22)30-19(27-28-29-30)13-8-12(9-25-18(13)23)16-10-26-20(31-16)11-4-6-24-7-5-11/h1-3,8-11,24H,4-7H2,(H2,23,25). The van der Waals surface area contributed by atoms with Gasteiger partial charge >= 0.3 is 0 Å². The van der Waals surface area contributed by atoms with Gasteiger partial charge in [-0.2, -0.15) is 4.68 Å². The van der Waals surface area contributed by atoms with Gasteiger partial charge in [0.2, 0.25) is 0 Å². The van der Waals surface area contributed by atoms with E-state index in [-0.39, 0.29) is 22.4 Å². The second kappa shape index (κ2) is 8.29. The molecule has 158 valence electrons. The molecule has 0 amide bonds. The number of halogens is 2. The summed E-state index contributed by atoms with van der Waals surface area (Å²) in [5.41, 5.74) is 7.61. The number of rotatable bonds is 4. The zero-order valence-electron chi connectivity index (χ0n) is 16.3. The van der Waals surface area contributed by atoms with Gasteiger partial charge in [-0.25, -0.2) is 14.4 Å². The highest BCUT2D eigenvalue weighted by Crippen LogP contribution is 2.36. The lowest BCUT2D eigenvalue weighted by atomic mass is 9.99. The molecule has 3 aromatic heterocycles. The minimum absolute atomic E-state index is 0.0195. The number of hydrogen-bond acceptors (Lipinski definition) is 8. The van der Waals surface area contributed by atoms with Gasteiger partial charge in [0, 0.05) is 23.9 Å². The second-order valence-electron chi connectivity index (χ2n) is 7.23. The fourth-order valence-corrected chi connectivity index (χ4v) is 4.88. The van der Waals surface area contributed by atoms with E-state index in [0.29, 0.717) is 11.5 Å². The van der Waals surface area contributed by atoms with Gasteiger partial charge in [0.05, 0.1) is 20.5 Å². The summed E-state index contributed by atoms with van der Waals surface area (Å²) in [5, 5.41) is 16.2. The van der Waals surface area contributed by atoms with E-state index in [1.54, 1.807) is 29.7 Å². The molecule has 1 aliphatic heterocycles. The quantitative estimate of drug-likeness (QED) is 0.482. The van der Waals surface area contributed by atoms with Crippen molar-refractivity contribution in [1.29, 1.82) is 0 Å². The predicted octanol–water partition coefficient (Wildman–Crippen LogP) is 3.69. The first-order chi connectivity index (χ1) is 15.1. The molecule has 31 heavy (non-hydrogen) atoms. The highest BCUT2D eigenvalue weighted by Gasteiger charge is 2.21. The Bertz CT molecular complexity index is 1230. The maximum Gasteiger partial charge on any atom is 0.190 e. The molecule has 0 unspecified atom stereocenters. The number of anilines is 1. The third-order valence-corrected chi connectivity index (χ3v) is 6.79. The van der Waals surface area contributed by atoms with E-state index in [1.165, 1.54) is 10.7 Å². The van der Waals surface area contributed by atoms with Gasteiger partial charge in [-0.15, -0.1) is 16.4 Å². The number of piperidine rings is 1. The van der Waals surface area contributed by atoms with Gasteiger partial charge in [0.1, 0.15) is 11.5 Å². The smallest absolute Gasteiger partial charge is 0.190 e. The van der Waals surface area contributed by atoms with Crippen LogP contribution in [0.15, 0.2) is 36.7 Å². The SMILES string of the molecule is Nc1ncc(-c2cnc(C3CCNCC3)s2)cc1-c1nnnn1-c1cccc(Cl)c1F. The van der Waals surface area contributed by atoms with Gasteiger partial charge in [-0.3, -0.25) is 0 Å². The molecule has 8 nitrogen and oxygen atoms in total. The van der Waals surface area contributed by atoms with Crippen LogP contribution >= 0.6 is 22.9 Å². The van der Waals surface area contributed by atoms with Crippen molar-refractivity contribution in [1.82, 2.24) is 35.5 Å². The van der Waals surface area contributed by atoms with Gasteiger partial charge < -0.3 is 11.1 Å². The Balaban J connectivity index is 1.53. The summed E-state index contributed by atoms with van der Waals surface area (Å²) in [4.78, 5) is 9.95. The second-order valence-corrected chi connectivity index (χ2v) is 8.70. The third kappa shape index (κ3) is 3.78. The van der Waals surface area contributed by atoms with Crippen molar-refractivity contribution in [2.24, 2.45) is 0 Å². The lowest BCUT2D eigenvalue weighted by Gasteiger charge is -2.20. The molecule has 4 heterocycles. The van der Waals surface area contributed by atoms with Crippen LogP contribution in [0.2, 0.25) is 5.02 Å². The summed E-state index contributed by atoms with van der Waals surface area (Å²) >= 11 is 7.58. The lowest BCUT2D eigenvalue weighted by molar-refractivity contribution is 0.459. The van der Waals surface area contributed by atoms with Crippen LogP contribution in [-0.2, 0) is 0 Å². The fraction of sp³-hybridized carbons (Fsp3) is 0.250. The zero-order valence-corrected chi connectivity index (χ0v) is 17.9. The van der Waals surface area contributed by atoms with E-state index >= 15 is 0 Å². The van der Waals surface area contributed by atoms with Crippen LogP contribution in [0.1, 0.15) is 23.8 Å². The number of benzene rings is 1. The zero-order chi connectivity index (χ0) is 21.4. The molecule has 1 fully saturated rings. The van der Waals surface area contributed by atoms with Crippen molar-refractivity contribution >= 4 is 28.8 Å². The molecule has 0 atom stereocenters. The number of aromatic nitrogens is 6. The Kier molecular flexibility index (Phi) is 5.34. The Labute approximate surface area is 186 Å². The molecule has 5 rings (SSSR count). The van der Waals surface area contributed by atoms with Crippen molar-refractivity contribution in [2.75, 3.05) is 18.8 Å². The van der Waals surface area contributed by atoms with Gasteiger partial charge in [-0.05, 0) is 54.6 Å². The maximum absolute atomic E-state index is 14.6. The average Bonchev–Trinajstić information content (AvgIpc) is 3.47. The van der Waals surface area contributed by atoms with E-state index in [4.69, 9.17) is 17.3 Å². The molecular weight excluding hydrogens is 439 g/mol. The normalized spacial score (nSPS) is 14.8. The number of nitrogen functional groups attached to an aromatic ring is 1.